The van der Waals surface area contributed by atoms with Crippen molar-refractivity contribution < 1.29 is 31.4 Å². The van der Waals surface area contributed by atoms with Crippen LogP contribution in [0.5, 0.6) is 5.75 Å². The average Bonchev–Trinajstić information content (AvgIpc) is 3.27. The molecule has 0 saturated carbocycles. The molecule has 214 valence electrons. The first kappa shape index (κ1) is 29.7. The fourth-order valence-electron chi connectivity index (χ4n) is 4.53. The Morgan fingerprint density at radius 3 is 2.56 bits per heavy atom. The minimum absolute atomic E-state index is 0.0652. The van der Waals surface area contributed by atoms with E-state index in [2.05, 4.69) is 19.5 Å². The van der Waals surface area contributed by atoms with E-state index in [9.17, 15) is 26.7 Å². The minimum Gasteiger partial charge on any atom is -0.491 e. The van der Waals surface area contributed by atoms with Crippen molar-refractivity contribution in [3.8, 4) is 5.75 Å². The van der Waals surface area contributed by atoms with Gasteiger partial charge in [0.15, 0.2) is 0 Å². The molecule has 2 N–H and O–H groups in total. The second-order valence-corrected chi connectivity index (χ2v) is 12.5. The zero-order chi connectivity index (χ0) is 28.0. The fraction of sp³-hybridized carbons (Fsp3) is 0.500. The number of aliphatic hydroxyl groups is 1. The van der Waals surface area contributed by atoms with E-state index in [-0.39, 0.29) is 13.2 Å². The van der Waals surface area contributed by atoms with Gasteiger partial charge in [-0.2, -0.15) is 13.2 Å². The number of halogens is 3. The minimum atomic E-state index is -4.74. The summed E-state index contributed by atoms with van der Waals surface area (Å²) in [6.45, 7) is 6.71. The molecule has 1 aliphatic rings. The van der Waals surface area contributed by atoms with Gasteiger partial charge in [-0.05, 0) is 50.6 Å². The summed E-state index contributed by atoms with van der Waals surface area (Å²) >= 11 is 1.63. The van der Waals surface area contributed by atoms with Crippen molar-refractivity contribution in [2.45, 2.75) is 36.9 Å². The first-order chi connectivity index (χ1) is 18.5. The summed E-state index contributed by atoms with van der Waals surface area (Å²) in [5.41, 5.74) is -0.274. The lowest BCUT2D eigenvalue weighted by Crippen LogP contribution is -2.49. The Kier molecular flexibility index (Phi) is 9.83. The molecule has 1 saturated heterocycles. The fourth-order valence-corrected chi connectivity index (χ4v) is 6.64. The average molecular weight is 587 g/mol. The van der Waals surface area contributed by atoms with Gasteiger partial charge in [0.05, 0.1) is 25.7 Å². The van der Waals surface area contributed by atoms with E-state index in [4.69, 9.17) is 4.74 Å². The van der Waals surface area contributed by atoms with Gasteiger partial charge in [-0.3, -0.25) is 4.90 Å². The van der Waals surface area contributed by atoms with Gasteiger partial charge in [0.25, 0.3) is 0 Å². The zero-order valence-electron chi connectivity index (χ0n) is 21.7. The maximum atomic E-state index is 13.2. The van der Waals surface area contributed by atoms with Crippen molar-refractivity contribution >= 4 is 31.6 Å². The highest BCUT2D eigenvalue weighted by atomic mass is 32.2. The number of aliphatic hydroxyl groups excluding tert-OH is 1. The Labute approximate surface area is 230 Å². The normalized spacial score (nSPS) is 16.5. The first-order valence-corrected chi connectivity index (χ1v) is 15.1. The second-order valence-electron chi connectivity index (χ2n) is 9.57. The van der Waals surface area contributed by atoms with Crippen LogP contribution in [-0.2, 0) is 16.2 Å². The van der Waals surface area contributed by atoms with Crippen molar-refractivity contribution in [2.24, 2.45) is 0 Å². The third-order valence-electron chi connectivity index (χ3n) is 6.52. The Bertz CT molecular complexity index is 1340. The number of hydrogen-bond acceptors (Lipinski definition) is 8. The lowest BCUT2D eigenvalue weighted by atomic mass is 10.2. The standard InChI is InChI=1S/C26H33F3N4O4S2/c1-19-31-23-16-21(8-9-24(23)38-19)37-18-20(34)17-33-14-12-32(13-15-33)11-5-4-10-30-39(35,36)25-7-3-2-6-22(25)26(27,28)29/h2-3,6-9,16,20,30,34H,4-5,10-15,17-18H2,1H3. The van der Waals surface area contributed by atoms with Crippen LogP contribution >= 0.6 is 11.3 Å². The number of fused-ring (bicyclic) bond motifs is 1. The summed E-state index contributed by atoms with van der Waals surface area (Å²) in [7, 11) is -4.26. The van der Waals surface area contributed by atoms with Gasteiger partial charge in [0.2, 0.25) is 10.0 Å². The highest BCUT2D eigenvalue weighted by Gasteiger charge is 2.36. The molecule has 2 heterocycles. The molecule has 0 bridgehead atoms. The lowest BCUT2D eigenvalue weighted by Gasteiger charge is -2.35. The smallest absolute Gasteiger partial charge is 0.417 e. The molecule has 4 rings (SSSR count). The number of aryl methyl sites for hydroxylation is 1. The predicted octanol–water partition coefficient (Wildman–Crippen LogP) is 3.74. The summed E-state index contributed by atoms with van der Waals surface area (Å²) < 4.78 is 73.5. The molecule has 8 nitrogen and oxygen atoms in total. The van der Waals surface area contributed by atoms with Gasteiger partial charge in [0, 0.05) is 45.3 Å². The van der Waals surface area contributed by atoms with Gasteiger partial charge in [0.1, 0.15) is 18.5 Å². The monoisotopic (exact) mass is 586 g/mol. The molecular weight excluding hydrogens is 553 g/mol. The van der Waals surface area contributed by atoms with E-state index < -0.39 is 32.8 Å². The topological polar surface area (TPSA) is 95.0 Å². The Morgan fingerprint density at radius 1 is 1.10 bits per heavy atom. The van der Waals surface area contributed by atoms with Crippen LogP contribution < -0.4 is 9.46 Å². The van der Waals surface area contributed by atoms with Crippen molar-refractivity contribution in [1.82, 2.24) is 19.5 Å². The van der Waals surface area contributed by atoms with Crippen LogP contribution in [0.15, 0.2) is 47.4 Å². The molecule has 2 aromatic carbocycles. The third-order valence-corrected chi connectivity index (χ3v) is 8.99. The number of alkyl halides is 3. The molecule has 0 aliphatic carbocycles. The molecule has 1 aromatic heterocycles. The van der Waals surface area contributed by atoms with Gasteiger partial charge in [-0.15, -0.1) is 11.3 Å². The number of sulfonamides is 1. The van der Waals surface area contributed by atoms with E-state index in [1.807, 2.05) is 25.1 Å². The SMILES string of the molecule is Cc1nc2cc(OCC(O)CN3CCN(CCCCNS(=O)(=O)c4ccccc4C(F)(F)F)CC3)ccc2s1. The molecule has 1 aliphatic heterocycles. The number of β-amino-alcohol motifs (C(OH)–C–C–N with tert-alkyl or cyclic N) is 1. The molecule has 1 atom stereocenters. The van der Waals surface area contributed by atoms with Crippen molar-refractivity contribution in [3.05, 3.63) is 53.0 Å². The number of unbranched alkanes of at least 4 members (excludes halogenated alkanes) is 1. The van der Waals surface area contributed by atoms with Gasteiger partial charge >= 0.3 is 6.18 Å². The summed E-state index contributed by atoms with van der Waals surface area (Å²) in [6.07, 6.45) is -4.15. The van der Waals surface area contributed by atoms with E-state index in [0.29, 0.717) is 25.1 Å². The van der Waals surface area contributed by atoms with Crippen molar-refractivity contribution in [1.29, 1.82) is 0 Å². The van der Waals surface area contributed by atoms with Gasteiger partial charge in [-0.25, -0.2) is 18.1 Å². The third kappa shape index (κ3) is 8.35. The number of piperazine rings is 1. The molecular formula is C26H33F3N4O4S2. The Hall–Kier alpha value is -2.29. The highest BCUT2D eigenvalue weighted by Crippen LogP contribution is 2.33. The lowest BCUT2D eigenvalue weighted by molar-refractivity contribution is -0.139. The van der Waals surface area contributed by atoms with E-state index in [1.54, 1.807) is 11.3 Å². The largest absolute Gasteiger partial charge is 0.491 e. The number of ether oxygens (including phenoxy) is 1. The summed E-state index contributed by atoms with van der Waals surface area (Å²) in [6, 6.07) is 9.93. The van der Waals surface area contributed by atoms with Crippen molar-refractivity contribution in [3.63, 3.8) is 0 Å². The number of hydrogen-bond donors (Lipinski definition) is 2. The highest BCUT2D eigenvalue weighted by molar-refractivity contribution is 7.89. The van der Waals surface area contributed by atoms with Gasteiger partial charge < -0.3 is 14.7 Å². The van der Waals surface area contributed by atoms with Crippen LogP contribution in [0.1, 0.15) is 23.4 Å². The number of nitrogens with one attached hydrogen (secondary N) is 1. The zero-order valence-corrected chi connectivity index (χ0v) is 23.3. The maximum Gasteiger partial charge on any atom is 0.417 e. The number of aromatic nitrogens is 1. The molecule has 3 aromatic rings. The quantitative estimate of drug-likeness (QED) is 0.312. The molecule has 39 heavy (non-hydrogen) atoms. The van der Waals surface area contributed by atoms with Crippen LogP contribution in [-0.4, -0.2) is 86.8 Å². The number of nitrogens with zero attached hydrogens (tertiary/aromatic N) is 3. The second kappa shape index (κ2) is 12.9. The summed E-state index contributed by atoms with van der Waals surface area (Å²) in [5, 5.41) is 11.4. The van der Waals surface area contributed by atoms with Crippen LogP contribution in [0.3, 0.4) is 0 Å². The summed E-state index contributed by atoms with van der Waals surface area (Å²) in [4.78, 5) is 8.16. The Morgan fingerprint density at radius 2 is 1.82 bits per heavy atom. The van der Waals surface area contributed by atoms with Crippen LogP contribution in [0.2, 0.25) is 0 Å². The molecule has 0 radical (unpaired) electrons. The maximum absolute atomic E-state index is 13.2. The predicted molar refractivity (Wildman–Crippen MR) is 145 cm³/mol. The molecule has 13 heteroatoms. The molecule has 1 unspecified atom stereocenters. The number of thiazole rings is 1. The number of rotatable bonds is 12. The van der Waals surface area contributed by atoms with Gasteiger partial charge in [-0.1, -0.05) is 12.1 Å². The van der Waals surface area contributed by atoms with Crippen LogP contribution in [0.25, 0.3) is 10.2 Å². The Balaban J connectivity index is 1.11. The van der Waals surface area contributed by atoms with E-state index in [0.717, 1.165) is 60.1 Å². The molecule has 0 spiro atoms. The van der Waals surface area contributed by atoms with Crippen LogP contribution in [0.4, 0.5) is 13.2 Å². The molecule has 1 fully saturated rings. The van der Waals surface area contributed by atoms with E-state index >= 15 is 0 Å². The first-order valence-electron chi connectivity index (χ1n) is 12.8. The van der Waals surface area contributed by atoms with Crippen LogP contribution in [0, 0.1) is 6.92 Å². The summed E-state index contributed by atoms with van der Waals surface area (Å²) in [5.74, 6) is 0.684. The number of benzene rings is 2. The molecule has 0 amide bonds. The van der Waals surface area contributed by atoms with Crippen molar-refractivity contribution in [2.75, 3.05) is 52.4 Å². The van der Waals surface area contributed by atoms with E-state index in [1.165, 1.54) is 12.1 Å².